The second-order valence-electron chi connectivity index (χ2n) is 5.30. The van der Waals surface area contributed by atoms with E-state index in [1.54, 1.807) is 13.3 Å². The molecule has 0 N–H and O–H groups in total. The molecular weight excluding hydrogens is 248 g/mol. The fraction of sp³-hybridized carbons (Fsp3) is 0.588. The number of methoxy groups -OCH3 is 1. The third-order valence-electron chi connectivity index (χ3n) is 3.79. The Kier molecular flexibility index (Phi) is 5.61. The van der Waals surface area contributed by atoms with E-state index < -0.39 is 0 Å². The molecule has 1 saturated carbocycles. The third kappa shape index (κ3) is 3.33. The average molecular weight is 276 g/mol. The normalized spacial score (nSPS) is 15.6. The first kappa shape index (κ1) is 16.5. The lowest BCUT2D eigenvalue weighted by molar-refractivity contribution is 0.411. The van der Waals surface area contributed by atoms with Gasteiger partial charge in [-0.25, -0.2) is 0 Å². The van der Waals surface area contributed by atoms with Crippen molar-refractivity contribution in [3.63, 3.8) is 0 Å². The largest absolute Gasteiger partial charge is 0.494 e. The van der Waals surface area contributed by atoms with E-state index in [1.165, 1.54) is 24.0 Å². The van der Waals surface area contributed by atoms with Crippen molar-refractivity contribution in [2.75, 3.05) is 19.2 Å². The first-order chi connectivity index (χ1) is 9.51. The van der Waals surface area contributed by atoms with Crippen molar-refractivity contribution in [1.29, 1.82) is 0 Å². The lowest BCUT2D eigenvalue weighted by Crippen LogP contribution is -2.12. The van der Waals surface area contributed by atoms with Gasteiger partial charge in [-0.2, -0.15) is 5.10 Å². The van der Waals surface area contributed by atoms with Crippen LogP contribution in [0.25, 0.3) is 0 Å². The van der Waals surface area contributed by atoms with Gasteiger partial charge in [-0.05, 0) is 49.3 Å². The molecule has 1 aliphatic carbocycles. The van der Waals surface area contributed by atoms with Crippen LogP contribution < -0.4 is 9.75 Å². The lowest BCUT2D eigenvalue weighted by Gasteiger charge is -2.21. The van der Waals surface area contributed by atoms with Gasteiger partial charge in [0.15, 0.2) is 0 Å². The second kappa shape index (κ2) is 6.78. The number of benzene rings is 1. The molecule has 2 rings (SSSR count). The summed E-state index contributed by atoms with van der Waals surface area (Å²) in [7, 11) is 3.67. The minimum Gasteiger partial charge on any atom is -0.494 e. The smallest absolute Gasteiger partial charge is 0.146 e. The summed E-state index contributed by atoms with van der Waals surface area (Å²) in [6, 6.07) is 4.46. The lowest BCUT2D eigenvalue weighted by atomic mass is 9.95. The molecule has 1 fully saturated rings. The topological polar surface area (TPSA) is 24.8 Å². The van der Waals surface area contributed by atoms with Gasteiger partial charge >= 0.3 is 0 Å². The number of hydrogen-bond acceptors (Lipinski definition) is 3. The Morgan fingerprint density at radius 3 is 2.35 bits per heavy atom. The second-order valence-corrected chi connectivity index (χ2v) is 5.30. The molecule has 3 heteroatoms. The quantitative estimate of drug-likeness (QED) is 0.596. The Morgan fingerprint density at radius 1 is 1.30 bits per heavy atom. The highest BCUT2D eigenvalue weighted by atomic mass is 16.5. The predicted octanol–water partition coefficient (Wildman–Crippen LogP) is 4.52. The molecule has 0 bridgehead atoms. The Labute approximate surface area is 123 Å². The van der Waals surface area contributed by atoms with Crippen LogP contribution in [0.4, 0.5) is 5.69 Å². The molecule has 1 aliphatic rings. The van der Waals surface area contributed by atoms with Gasteiger partial charge in [0.25, 0.3) is 0 Å². The summed E-state index contributed by atoms with van der Waals surface area (Å²) in [6.45, 7) is 10.3. The van der Waals surface area contributed by atoms with Crippen LogP contribution in [-0.2, 0) is 5.41 Å². The van der Waals surface area contributed by atoms with Crippen molar-refractivity contribution >= 4 is 11.9 Å². The Balaban J connectivity index is 0.000000956. The van der Waals surface area contributed by atoms with E-state index in [1.807, 2.05) is 32.8 Å². The molecule has 112 valence electrons. The molecule has 1 aromatic carbocycles. The molecule has 20 heavy (non-hydrogen) atoms. The molecule has 0 aromatic heterocycles. The zero-order valence-corrected chi connectivity index (χ0v) is 13.9. The van der Waals surface area contributed by atoms with Gasteiger partial charge in [-0.1, -0.05) is 26.8 Å². The Morgan fingerprint density at radius 2 is 1.90 bits per heavy atom. The number of aryl methyl sites for hydroxylation is 1. The van der Waals surface area contributed by atoms with Crippen molar-refractivity contribution in [1.82, 2.24) is 0 Å². The molecule has 0 spiro atoms. The van der Waals surface area contributed by atoms with Gasteiger partial charge in [-0.15, -0.1) is 0 Å². The highest BCUT2D eigenvalue weighted by molar-refractivity contribution is 5.66. The van der Waals surface area contributed by atoms with E-state index >= 15 is 0 Å². The van der Waals surface area contributed by atoms with Gasteiger partial charge in [0, 0.05) is 13.3 Å². The van der Waals surface area contributed by atoms with Crippen LogP contribution in [0.15, 0.2) is 17.2 Å². The first-order valence-corrected chi connectivity index (χ1v) is 7.43. The molecular formula is C17H28N2O. The van der Waals surface area contributed by atoms with Crippen molar-refractivity contribution in [3.8, 4) is 5.75 Å². The Hall–Kier alpha value is -1.51. The molecule has 3 nitrogen and oxygen atoms in total. The van der Waals surface area contributed by atoms with E-state index in [0.717, 1.165) is 11.4 Å². The molecule has 0 heterocycles. The SMILES string of the molecule is C/C=N\N(C)c1cc(C2(C)CC2)cc(C)c1OC.CC. The van der Waals surface area contributed by atoms with Gasteiger partial charge < -0.3 is 4.74 Å². The number of nitrogens with zero attached hydrogens (tertiary/aromatic N) is 2. The molecule has 0 atom stereocenters. The Bertz CT molecular complexity index is 476. The van der Waals surface area contributed by atoms with Crippen LogP contribution in [-0.4, -0.2) is 20.4 Å². The maximum absolute atomic E-state index is 5.52. The summed E-state index contributed by atoms with van der Waals surface area (Å²) in [5, 5.41) is 6.19. The van der Waals surface area contributed by atoms with Gasteiger partial charge in [-0.3, -0.25) is 5.01 Å². The fourth-order valence-electron chi connectivity index (χ4n) is 2.32. The van der Waals surface area contributed by atoms with Crippen LogP contribution in [0.5, 0.6) is 5.75 Å². The van der Waals surface area contributed by atoms with Crippen molar-refractivity contribution < 1.29 is 4.74 Å². The summed E-state index contributed by atoms with van der Waals surface area (Å²) in [5.41, 5.74) is 3.98. The number of rotatable bonds is 4. The molecule has 0 amide bonds. The van der Waals surface area contributed by atoms with E-state index in [-0.39, 0.29) is 0 Å². The minimum absolute atomic E-state index is 0.364. The van der Waals surface area contributed by atoms with Crippen LogP contribution in [0, 0.1) is 6.92 Å². The van der Waals surface area contributed by atoms with Crippen LogP contribution in [0.3, 0.4) is 0 Å². The molecule has 0 radical (unpaired) electrons. The van der Waals surface area contributed by atoms with Crippen molar-refractivity contribution in [3.05, 3.63) is 23.3 Å². The monoisotopic (exact) mass is 276 g/mol. The van der Waals surface area contributed by atoms with E-state index in [9.17, 15) is 0 Å². The first-order valence-electron chi connectivity index (χ1n) is 7.43. The number of anilines is 1. The summed E-state index contributed by atoms with van der Waals surface area (Å²) in [6.07, 6.45) is 4.35. The fourth-order valence-corrected chi connectivity index (χ4v) is 2.32. The average Bonchev–Trinajstić information content (AvgIpc) is 3.19. The van der Waals surface area contributed by atoms with Gasteiger partial charge in [0.05, 0.1) is 7.11 Å². The van der Waals surface area contributed by atoms with E-state index in [0.29, 0.717) is 5.41 Å². The number of ether oxygens (including phenoxy) is 1. The zero-order valence-electron chi connectivity index (χ0n) is 13.9. The molecule has 0 aliphatic heterocycles. The molecule has 0 saturated heterocycles. The van der Waals surface area contributed by atoms with E-state index in [2.05, 4.69) is 31.1 Å². The number of hydrazone groups is 1. The molecule has 1 aromatic rings. The van der Waals surface area contributed by atoms with Gasteiger partial charge in [0.2, 0.25) is 0 Å². The standard InChI is InChI=1S/C15H22N2O.C2H6/c1-6-16-17(4)13-10-12(15(3)7-8-15)9-11(2)14(13)18-5;1-2/h6,9-10H,7-8H2,1-5H3;1-2H3/b16-6-;. The van der Waals surface area contributed by atoms with Crippen LogP contribution in [0.2, 0.25) is 0 Å². The maximum Gasteiger partial charge on any atom is 0.146 e. The number of hydrogen-bond donors (Lipinski definition) is 0. The highest BCUT2D eigenvalue weighted by Gasteiger charge is 2.39. The van der Waals surface area contributed by atoms with Crippen molar-refractivity contribution in [2.45, 2.75) is 52.9 Å². The summed E-state index contributed by atoms with van der Waals surface area (Å²) < 4.78 is 5.52. The summed E-state index contributed by atoms with van der Waals surface area (Å²) in [5.74, 6) is 0.913. The van der Waals surface area contributed by atoms with Gasteiger partial charge in [0.1, 0.15) is 11.4 Å². The minimum atomic E-state index is 0.364. The third-order valence-corrected chi connectivity index (χ3v) is 3.79. The van der Waals surface area contributed by atoms with E-state index in [4.69, 9.17) is 4.74 Å². The highest BCUT2D eigenvalue weighted by Crippen LogP contribution is 2.50. The zero-order chi connectivity index (χ0) is 15.3. The molecule has 0 unspecified atom stereocenters. The maximum atomic E-state index is 5.52. The van der Waals surface area contributed by atoms with Crippen LogP contribution >= 0.6 is 0 Å². The predicted molar refractivity (Wildman–Crippen MR) is 88.2 cm³/mol. The summed E-state index contributed by atoms with van der Waals surface area (Å²) >= 11 is 0. The van der Waals surface area contributed by atoms with Crippen molar-refractivity contribution in [2.24, 2.45) is 5.10 Å². The summed E-state index contributed by atoms with van der Waals surface area (Å²) in [4.78, 5) is 0. The van der Waals surface area contributed by atoms with Crippen LogP contribution in [0.1, 0.15) is 51.7 Å².